The van der Waals surface area contributed by atoms with Gasteiger partial charge in [-0.15, -0.1) is 0 Å². The van der Waals surface area contributed by atoms with Crippen molar-refractivity contribution in [3.63, 3.8) is 0 Å². The molecule has 3 aromatic rings. The molecule has 5 nitrogen and oxygen atoms in total. The van der Waals surface area contributed by atoms with Crippen LogP contribution in [-0.4, -0.2) is 49.9 Å². The summed E-state index contributed by atoms with van der Waals surface area (Å²) in [5.41, 5.74) is 4.76. The molecule has 0 aromatic heterocycles. The van der Waals surface area contributed by atoms with E-state index in [0.717, 1.165) is 26.5 Å². The normalized spacial score (nSPS) is 21.2. The summed E-state index contributed by atoms with van der Waals surface area (Å²) in [5, 5.41) is 0. The van der Waals surface area contributed by atoms with Crippen LogP contribution in [0.3, 0.4) is 0 Å². The van der Waals surface area contributed by atoms with E-state index in [1.54, 1.807) is 16.4 Å². The van der Waals surface area contributed by atoms with Gasteiger partial charge in [-0.05, 0) is 53.9 Å². The van der Waals surface area contributed by atoms with Crippen molar-refractivity contribution in [1.29, 1.82) is 0 Å². The second-order valence-corrected chi connectivity index (χ2v) is 13.0. The summed E-state index contributed by atoms with van der Waals surface area (Å²) in [6.07, 6.45) is 0.878. The van der Waals surface area contributed by atoms with Gasteiger partial charge in [0.2, 0.25) is 10.0 Å². The Morgan fingerprint density at radius 2 is 1.57 bits per heavy atom. The average molecular weight is 620 g/mol. The van der Waals surface area contributed by atoms with Crippen LogP contribution in [0, 0.1) is 6.92 Å². The monoisotopic (exact) mass is 618 g/mol. The molecule has 0 amide bonds. The topological polar surface area (TPSA) is 49.9 Å². The van der Waals surface area contributed by atoms with Gasteiger partial charge in [0.1, 0.15) is 0 Å². The standard InChI is InChI=1S/C27H28Br2N2O3S/c1-19-6-8-24(9-7-19)35(32,33)31-12-10-30(11-13-31)27-25-5-3-2-4-21(25)16-26(27)34-18-20-14-22(28)17-23(29)15-20/h2-9,14-15,17,26-27H,10-13,16,18H2,1H3/t26-,27?/m1/s1. The van der Waals surface area contributed by atoms with Crippen LogP contribution < -0.4 is 0 Å². The summed E-state index contributed by atoms with van der Waals surface area (Å²) in [6.45, 7) is 4.77. The summed E-state index contributed by atoms with van der Waals surface area (Å²) in [7, 11) is -3.49. The van der Waals surface area contributed by atoms with E-state index in [4.69, 9.17) is 4.74 Å². The summed E-state index contributed by atoms with van der Waals surface area (Å²) in [5.74, 6) is 0. The SMILES string of the molecule is Cc1ccc(S(=O)(=O)N2CCN(C3c4ccccc4C[C@H]3OCc3cc(Br)cc(Br)c3)CC2)cc1. The Hall–Kier alpha value is -1.55. The molecule has 35 heavy (non-hydrogen) atoms. The molecule has 0 bridgehead atoms. The van der Waals surface area contributed by atoms with E-state index in [-0.39, 0.29) is 12.1 Å². The molecule has 0 N–H and O–H groups in total. The van der Waals surface area contributed by atoms with E-state index >= 15 is 0 Å². The zero-order valence-corrected chi connectivity index (χ0v) is 23.5. The average Bonchev–Trinajstić information content (AvgIpc) is 3.21. The molecule has 1 unspecified atom stereocenters. The van der Waals surface area contributed by atoms with Gasteiger partial charge in [-0.2, -0.15) is 4.31 Å². The van der Waals surface area contributed by atoms with Crippen LogP contribution in [0.4, 0.5) is 0 Å². The maximum Gasteiger partial charge on any atom is 0.243 e. The fourth-order valence-corrected chi connectivity index (χ4v) is 7.91. The highest BCUT2D eigenvalue weighted by atomic mass is 79.9. The van der Waals surface area contributed by atoms with Crippen molar-refractivity contribution >= 4 is 41.9 Å². The van der Waals surface area contributed by atoms with Crippen LogP contribution in [-0.2, 0) is 27.8 Å². The maximum atomic E-state index is 13.2. The lowest BCUT2D eigenvalue weighted by Crippen LogP contribution is -2.51. The summed E-state index contributed by atoms with van der Waals surface area (Å²) >= 11 is 7.12. The lowest BCUT2D eigenvalue weighted by atomic mass is 10.1. The molecule has 0 radical (unpaired) electrons. The number of hydrogen-bond donors (Lipinski definition) is 0. The van der Waals surface area contributed by atoms with Gasteiger partial charge in [0, 0.05) is 41.5 Å². The van der Waals surface area contributed by atoms with E-state index in [1.165, 1.54) is 11.1 Å². The van der Waals surface area contributed by atoms with Crippen LogP contribution >= 0.6 is 31.9 Å². The Morgan fingerprint density at radius 1 is 0.914 bits per heavy atom. The Balaban J connectivity index is 1.31. The third kappa shape index (κ3) is 5.43. The third-order valence-corrected chi connectivity index (χ3v) is 9.69. The third-order valence-electron chi connectivity index (χ3n) is 6.86. The van der Waals surface area contributed by atoms with Crippen molar-refractivity contribution in [2.24, 2.45) is 0 Å². The van der Waals surface area contributed by atoms with Gasteiger partial charge in [-0.1, -0.05) is 73.8 Å². The number of aryl methyl sites for hydroxylation is 1. The first-order valence-corrected chi connectivity index (χ1v) is 14.8. The number of piperazine rings is 1. The van der Waals surface area contributed by atoms with Gasteiger partial charge < -0.3 is 4.74 Å². The lowest BCUT2D eigenvalue weighted by molar-refractivity contribution is -0.0233. The van der Waals surface area contributed by atoms with Crippen molar-refractivity contribution in [3.05, 3.63) is 97.9 Å². The van der Waals surface area contributed by atoms with Crippen LogP contribution in [0.15, 0.2) is 80.6 Å². The highest BCUT2D eigenvalue weighted by Gasteiger charge is 2.39. The van der Waals surface area contributed by atoms with Crippen molar-refractivity contribution < 1.29 is 13.2 Å². The minimum absolute atomic E-state index is 0.0189. The molecule has 2 atom stereocenters. The van der Waals surface area contributed by atoms with Crippen LogP contribution in [0.5, 0.6) is 0 Å². The molecule has 1 fully saturated rings. The molecule has 8 heteroatoms. The zero-order valence-electron chi connectivity index (χ0n) is 19.5. The molecule has 2 aliphatic rings. The quantitative estimate of drug-likeness (QED) is 0.355. The highest BCUT2D eigenvalue weighted by molar-refractivity contribution is 9.11. The molecule has 1 aliphatic carbocycles. The number of ether oxygens (including phenoxy) is 1. The molecular formula is C27H28Br2N2O3S. The molecule has 1 heterocycles. The fraction of sp³-hybridized carbons (Fsp3) is 0.333. The number of benzene rings is 3. The molecule has 0 spiro atoms. The molecule has 3 aromatic carbocycles. The molecule has 1 saturated heterocycles. The van der Waals surface area contributed by atoms with Gasteiger partial charge in [-0.25, -0.2) is 8.42 Å². The molecular weight excluding hydrogens is 592 g/mol. The van der Waals surface area contributed by atoms with E-state index in [2.05, 4.69) is 73.2 Å². The van der Waals surface area contributed by atoms with Gasteiger partial charge in [0.15, 0.2) is 0 Å². The summed E-state index contributed by atoms with van der Waals surface area (Å²) in [6, 6.07) is 21.9. The van der Waals surface area contributed by atoms with E-state index < -0.39 is 10.0 Å². The van der Waals surface area contributed by atoms with Gasteiger partial charge in [0.05, 0.1) is 23.6 Å². The van der Waals surface area contributed by atoms with Crippen molar-refractivity contribution in [1.82, 2.24) is 9.21 Å². The molecule has 1 aliphatic heterocycles. The van der Waals surface area contributed by atoms with E-state index in [1.807, 2.05) is 25.1 Å². The van der Waals surface area contributed by atoms with Crippen molar-refractivity contribution in [3.8, 4) is 0 Å². The van der Waals surface area contributed by atoms with Crippen LogP contribution in [0.25, 0.3) is 0 Å². The van der Waals surface area contributed by atoms with Gasteiger partial charge >= 0.3 is 0 Å². The Bertz CT molecular complexity index is 1290. The maximum absolute atomic E-state index is 13.2. The number of fused-ring (bicyclic) bond motifs is 1. The zero-order chi connectivity index (χ0) is 24.6. The van der Waals surface area contributed by atoms with Crippen molar-refractivity contribution in [2.45, 2.75) is 37.0 Å². The predicted molar refractivity (Wildman–Crippen MR) is 145 cm³/mol. The Kier molecular flexibility index (Phi) is 7.49. The van der Waals surface area contributed by atoms with E-state index in [0.29, 0.717) is 37.7 Å². The summed E-state index contributed by atoms with van der Waals surface area (Å²) in [4.78, 5) is 2.76. The number of hydrogen-bond acceptors (Lipinski definition) is 4. The minimum Gasteiger partial charge on any atom is -0.371 e. The number of rotatable bonds is 6. The second kappa shape index (κ2) is 10.4. The smallest absolute Gasteiger partial charge is 0.243 e. The Labute approximate surface area is 224 Å². The van der Waals surface area contributed by atoms with Crippen LogP contribution in [0.2, 0.25) is 0 Å². The van der Waals surface area contributed by atoms with Crippen molar-refractivity contribution in [2.75, 3.05) is 26.2 Å². The molecule has 0 saturated carbocycles. The highest BCUT2D eigenvalue weighted by Crippen LogP contribution is 2.39. The van der Waals surface area contributed by atoms with E-state index in [9.17, 15) is 8.42 Å². The Morgan fingerprint density at radius 3 is 2.26 bits per heavy atom. The second-order valence-electron chi connectivity index (χ2n) is 9.23. The number of nitrogens with zero attached hydrogens (tertiary/aromatic N) is 2. The number of sulfonamides is 1. The first-order chi connectivity index (χ1) is 16.8. The first-order valence-electron chi connectivity index (χ1n) is 11.8. The predicted octanol–water partition coefficient (Wildman–Crippen LogP) is 5.71. The molecule has 184 valence electrons. The minimum atomic E-state index is -3.49. The molecule has 5 rings (SSSR count). The largest absolute Gasteiger partial charge is 0.371 e. The summed E-state index contributed by atoms with van der Waals surface area (Å²) < 4.78 is 36.5. The lowest BCUT2D eigenvalue weighted by Gasteiger charge is -2.39. The first kappa shape index (κ1) is 25.1. The number of halogens is 2. The fourth-order valence-electron chi connectivity index (χ4n) is 5.10. The van der Waals surface area contributed by atoms with Gasteiger partial charge in [-0.3, -0.25) is 4.90 Å². The van der Waals surface area contributed by atoms with Crippen LogP contribution in [0.1, 0.15) is 28.3 Å². The van der Waals surface area contributed by atoms with Gasteiger partial charge in [0.25, 0.3) is 0 Å².